The van der Waals surface area contributed by atoms with Crippen molar-refractivity contribution in [3.63, 3.8) is 0 Å². The monoisotopic (exact) mass is 395 g/mol. The maximum Gasteiger partial charge on any atom is 0.228 e. The average molecular weight is 396 g/mol. The van der Waals surface area contributed by atoms with Crippen LogP contribution in [0.5, 0.6) is 5.75 Å². The summed E-state index contributed by atoms with van der Waals surface area (Å²) in [6, 6.07) is 18.2. The standard InChI is InChI=1S/C24H33N3O2/c1-26(2)15-7-17-29-23-13-11-22(12-14-23)25-24(28)21-10-6-16-27(19-21)18-20-8-4-3-5-9-20/h3-5,8-9,11-14,21H,6-7,10,15-19H2,1-2H3,(H,25,28). The summed E-state index contributed by atoms with van der Waals surface area (Å²) in [6.45, 7) is 4.48. The fraction of sp³-hybridized carbons (Fsp3) is 0.458. The number of likely N-dealkylation sites (tertiary alicyclic amines) is 1. The molecule has 1 fully saturated rings. The van der Waals surface area contributed by atoms with Crippen LogP contribution in [0.25, 0.3) is 0 Å². The first-order valence-corrected chi connectivity index (χ1v) is 10.5. The van der Waals surface area contributed by atoms with Gasteiger partial charge in [0.05, 0.1) is 12.5 Å². The molecule has 1 N–H and O–H groups in total. The topological polar surface area (TPSA) is 44.8 Å². The molecule has 1 unspecified atom stereocenters. The molecule has 1 heterocycles. The van der Waals surface area contributed by atoms with Gasteiger partial charge in [-0.3, -0.25) is 9.69 Å². The van der Waals surface area contributed by atoms with Gasteiger partial charge >= 0.3 is 0 Å². The minimum absolute atomic E-state index is 0.0365. The molecule has 1 amide bonds. The number of nitrogens with zero attached hydrogens (tertiary/aromatic N) is 2. The van der Waals surface area contributed by atoms with Crippen LogP contribution >= 0.6 is 0 Å². The van der Waals surface area contributed by atoms with E-state index in [-0.39, 0.29) is 11.8 Å². The molecule has 2 aromatic rings. The van der Waals surface area contributed by atoms with Gasteiger partial charge in [0.25, 0.3) is 0 Å². The second kappa shape index (κ2) is 11.0. The van der Waals surface area contributed by atoms with E-state index in [0.717, 1.165) is 56.9 Å². The predicted molar refractivity (Wildman–Crippen MR) is 118 cm³/mol. The van der Waals surface area contributed by atoms with Crippen LogP contribution in [0.2, 0.25) is 0 Å². The Labute approximate surface area is 174 Å². The van der Waals surface area contributed by atoms with Gasteiger partial charge in [0, 0.05) is 25.3 Å². The SMILES string of the molecule is CN(C)CCCOc1ccc(NC(=O)C2CCCN(Cc3ccccc3)C2)cc1. The van der Waals surface area contributed by atoms with E-state index in [0.29, 0.717) is 6.61 Å². The lowest BCUT2D eigenvalue weighted by Gasteiger charge is -2.32. The van der Waals surface area contributed by atoms with Crippen molar-refractivity contribution in [3.05, 3.63) is 60.2 Å². The van der Waals surface area contributed by atoms with Crippen molar-refractivity contribution in [2.24, 2.45) is 5.92 Å². The van der Waals surface area contributed by atoms with Crippen LogP contribution in [0.4, 0.5) is 5.69 Å². The molecule has 0 saturated carbocycles. The van der Waals surface area contributed by atoms with Gasteiger partial charge in [0.1, 0.15) is 5.75 Å². The molecule has 2 aromatic carbocycles. The fourth-order valence-corrected chi connectivity index (χ4v) is 3.70. The van der Waals surface area contributed by atoms with Gasteiger partial charge in [-0.1, -0.05) is 30.3 Å². The molecular formula is C24H33N3O2. The number of anilines is 1. The minimum atomic E-state index is 0.0365. The van der Waals surface area contributed by atoms with Gasteiger partial charge in [-0.05, 0) is 69.7 Å². The van der Waals surface area contributed by atoms with E-state index < -0.39 is 0 Å². The van der Waals surface area contributed by atoms with Gasteiger partial charge in [-0.2, -0.15) is 0 Å². The van der Waals surface area contributed by atoms with Crippen LogP contribution in [0.1, 0.15) is 24.8 Å². The van der Waals surface area contributed by atoms with Crippen molar-refractivity contribution in [2.75, 3.05) is 45.7 Å². The number of hydrogen-bond donors (Lipinski definition) is 1. The molecule has 1 aliphatic rings. The molecule has 0 aromatic heterocycles. The Hall–Kier alpha value is -2.37. The van der Waals surface area contributed by atoms with Crippen molar-refractivity contribution in [1.82, 2.24) is 9.80 Å². The third-order valence-corrected chi connectivity index (χ3v) is 5.27. The van der Waals surface area contributed by atoms with Crippen molar-refractivity contribution in [1.29, 1.82) is 0 Å². The summed E-state index contributed by atoms with van der Waals surface area (Å²) >= 11 is 0. The number of benzene rings is 2. The molecule has 1 aliphatic heterocycles. The molecule has 1 saturated heterocycles. The predicted octanol–water partition coefficient (Wildman–Crippen LogP) is 3.87. The number of nitrogens with one attached hydrogen (secondary N) is 1. The molecule has 0 radical (unpaired) electrons. The molecular weight excluding hydrogens is 362 g/mol. The van der Waals surface area contributed by atoms with Gasteiger partial charge in [0.2, 0.25) is 5.91 Å². The number of carbonyl (C=O) groups is 1. The zero-order valence-electron chi connectivity index (χ0n) is 17.6. The summed E-state index contributed by atoms with van der Waals surface area (Å²) in [5, 5.41) is 3.08. The first-order valence-electron chi connectivity index (χ1n) is 10.5. The molecule has 5 nitrogen and oxygen atoms in total. The van der Waals surface area contributed by atoms with Crippen LogP contribution in [-0.4, -0.2) is 56.0 Å². The Bertz CT molecular complexity index is 746. The van der Waals surface area contributed by atoms with Gasteiger partial charge in [-0.25, -0.2) is 0 Å². The molecule has 0 bridgehead atoms. The van der Waals surface area contributed by atoms with E-state index in [4.69, 9.17) is 4.74 Å². The molecule has 0 spiro atoms. The van der Waals surface area contributed by atoms with Crippen molar-refractivity contribution >= 4 is 11.6 Å². The second-order valence-corrected chi connectivity index (χ2v) is 8.08. The molecule has 3 rings (SSSR count). The lowest BCUT2D eigenvalue weighted by atomic mass is 9.96. The third-order valence-electron chi connectivity index (χ3n) is 5.27. The van der Waals surface area contributed by atoms with Crippen molar-refractivity contribution in [2.45, 2.75) is 25.8 Å². The summed E-state index contributed by atoms with van der Waals surface area (Å²) in [4.78, 5) is 17.3. The Balaban J connectivity index is 1.45. The van der Waals surface area contributed by atoms with Crippen molar-refractivity contribution in [3.8, 4) is 5.75 Å². The molecule has 5 heteroatoms. The highest BCUT2D eigenvalue weighted by atomic mass is 16.5. The van der Waals surface area contributed by atoms with E-state index >= 15 is 0 Å². The summed E-state index contributed by atoms with van der Waals surface area (Å²) < 4.78 is 5.76. The van der Waals surface area contributed by atoms with Gasteiger partial charge < -0.3 is 15.0 Å². The number of amides is 1. The quantitative estimate of drug-likeness (QED) is 0.655. The van der Waals surface area contributed by atoms with Crippen LogP contribution in [0.3, 0.4) is 0 Å². The van der Waals surface area contributed by atoms with E-state index in [9.17, 15) is 4.79 Å². The Morgan fingerprint density at radius 2 is 1.90 bits per heavy atom. The maximum absolute atomic E-state index is 12.8. The van der Waals surface area contributed by atoms with Crippen LogP contribution in [0, 0.1) is 5.92 Å². The Kier molecular flexibility index (Phi) is 8.08. The minimum Gasteiger partial charge on any atom is -0.494 e. The van der Waals surface area contributed by atoms with Crippen molar-refractivity contribution < 1.29 is 9.53 Å². The lowest BCUT2D eigenvalue weighted by Crippen LogP contribution is -2.40. The van der Waals surface area contributed by atoms with E-state index in [1.165, 1.54) is 5.56 Å². The summed E-state index contributed by atoms with van der Waals surface area (Å²) in [6.07, 6.45) is 3.00. The zero-order valence-corrected chi connectivity index (χ0v) is 17.6. The average Bonchev–Trinajstić information content (AvgIpc) is 2.73. The van der Waals surface area contributed by atoms with E-state index in [1.54, 1.807) is 0 Å². The largest absolute Gasteiger partial charge is 0.494 e. The number of carbonyl (C=O) groups excluding carboxylic acids is 1. The van der Waals surface area contributed by atoms with Crippen LogP contribution in [-0.2, 0) is 11.3 Å². The smallest absolute Gasteiger partial charge is 0.228 e. The summed E-state index contributed by atoms with van der Waals surface area (Å²) in [5.41, 5.74) is 2.13. The normalized spacial score (nSPS) is 17.3. The van der Waals surface area contributed by atoms with E-state index in [1.807, 2.05) is 30.3 Å². The highest BCUT2D eigenvalue weighted by Gasteiger charge is 2.25. The maximum atomic E-state index is 12.8. The Morgan fingerprint density at radius 3 is 2.62 bits per heavy atom. The fourth-order valence-electron chi connectivity index (χ4n) is 3.70. The lowest BCUT2D eigenvalue weighted by molar-refractivity contribution is -0.121. The highest BCUT2D eigenvalue weighted by molar-refractivity contribution is 5.92. The first-order chi connectivity index (χ1) is 14.1. The highest BCUT2D eigenvalue weighted by Crippen LogP contribution is 2.22. The molecule has 156 valence electrons. The summed E-state index contributed by atoms with van der Waals surface area (Å²) in [5.74, 6) is 0.991. The number of piperidine rings is 1. The zero-order chi connectivity index (χ0) is 20.5. The van der Waals surface area contributed by atoms with Gasteiger partial charge in [0.15, 0.2) is 0 Å². The number of hydrogen-bond acceptors (Lipinski definition) is 4. The number of ether oxygens (including phenoxy) is 1. The second-order valence-electron chi connectivity index (χ2n) is 8.08. The van der Waals surface area contributed by atoms with E-state index in [2.05, 4.69) is 53.5 Å². The molecule has 0 aliphatic carbocycles. The van der Waals surface area contributed by atoms with Gasteiger partial charge in [-0.15, -0.1) is 0 Å². The number of rotatable bonds is 9. The third kappa shape index (κ3) is 7.18. The summed E-state index contributed by atoms with van der Waals surface area (Å²) in [7, 11) is 4.12. The van der Waals surface area contributed by atoms with Crippen LogP contribution < -0.4 is 10.1 Å². The molecule has 29 heavy (non-hydrogen) atoms. The van der Waals surface area contributed by atoms with Crippen LogP contribution in [0.15, 0.2) is 54.6 Å². The Morgan fingerprint density at radius 1 is 1.14 bits per heavy atom. The molecule has 1 atom stereocenters. The first kappa shape index (κ1) is 21.3.